The molecule has 3 rings (SSSR count). The van der Waals surface area contributed by atoms with Gasteiger partial charge in [0, 0.05) is 25.2 Å². The third-order valence-electron chi connectivity index (χ3n) is 5.70. The summed E-state index contributed by atoms with van der Waals surface area (Å²) in [5.41, 5.74) is 0. The Kier molecular flexibility index (Phi) is 8.86. The highest BCUT2D eigenvalue weighted by atomic mass is 16.5. The Labute approximate surface area is 168 Å². The predicted molar refractivity (Wildman–Crippen MR) is 110 cm³/mol. The molecule has 0 bridgehead atoms. The smallest absolute Gasteiger partial charge is 0.119 e. The average Bonchev–Trinajstić information content (AvgIpc) is 3.42. The Morgan fingerprint density at radius 1 is 0.714 bits per heavy atom. The van der Waals surface area contributed by atoms with Gasteiger partial charge in [0.05, 0.1) is 0 Å². The number of aliphatic hydroxyl groups is 2. The van der Waals surface area contributed by atoms with Crippen molar-refractivity contribution in [1.29, 1.82) is 0 Å². The Balaban J connectivity index is 1.28. The molecule has 6 heteroatoms. The normalized spacial score (nSPS) is 20.4. The van der Waals surface area contributed by atoms with E-state index in [-0.39, 0.29) is 13.2 Å². The van der Waals surface area contributed by atoms with Crippen molar-refractivity contribution in [3.63, 3.8) is 0 Å². The third-order valence-corrected chi connectivity index (χ3v) is 5.70. The van der Waals surface area contributed by atoms with Crippen LogP contribution in [0.25, 0.3) is 0 Å². The van der Waals surface area contributed by atoms with Gasteiger partial charge in [-0.3, -0.25) is 0 Å². The second-order valence-corrected chi connectivity index (χ2v) is 8.18. The number of rotatable bonds is 12. The number of benzene rings is 1. The highest BCUT2D eigenvalue weighted by Crippen LogP contribution is 2.20. The van der Waals surface area contributed by atoms with Crippen molar-refractivity contribution in [2.24, 2.45) is 0 Å². The van der Waals surface area contributed by atoms with E-state index < -0.39 is 12.2 Å². The molecule has 158 valence electrons. The quantitative estimate of drug-likeness (QED) is 0.437. The van der Waals surface area contributed by atoms with Crippen molar-refractivity contribution >= 4 is 0 Å². The second-order valence-electron chi connectivity index (χ2n) is 8.18. The molecule has 0 radical (unpaired) electrons. The molecular weight excluding hydrogens is 356 g/mol. The maximum absolute atomic E-state index is 10.1. The van der Waals surface area contributed by atoms with Crippen molar-refractivity contribution in [2.45, 2.75) is 75.7 Å². The average molecular weight is 393 g/mol. The third kappa shape index (κ3) is 7.59. The van der Waals surface area contributed by atoms with E-state index in [0.29, 0.717) is 36.7 Å². The zero-order valence-corrected chi connectivity index (χ0v) is 16.8. The van der Waals surface area contributed by atoms with E-state index in [1.807, 2.05) is 24.3 Å². The summed E-state index contributed by atoms with van der Waals surface area (Å²) < 4.78 is 11.3. The van der Waals surface area contributed by atoms with Gasteiger partial charge in [0.1, 0.15) is 36.9 Å². The first-order chi connectivity index (χ1) is 13.7. The first-order valence-electron chi connectivity index (χ1n) is 10.9. The molecule has 1 aromatic carbocycles. The maximum atomic E-state index is 10.1. The Morgan fingerprint density at radius 3 is 1.43 bits per heavy atom. The van der Waals surface area contributed by atoms with Gasteiger partial charge in [-0.05, 0) is 49.9 Å². The van der Waals surface area contributed by atoms with Gasteiger partial charge in [-0.1, -0.05) is 25.7 Å². The summed E-state index contributed by atoms with van der Waals surface area (Å²) in [5.74, 6) is 1.41. The fraction of sp³-hybridized carbons (Fsp3) is 0.727. The molecule has 4 N–H and O–H groups in total. The maximum Gasteiger partial charge on any atom is 0.119 e. The van der Waals surface area contributed by atoms with Gasteiger partial charge in [-0.15, -0.1) is 0 Å². The summed E-state index contributed by atoms with van der Waals surface area (Å²) >= 11 is 0. The lowest BCUT2D eigenvalue weighted by Gasteiger charge is -2.17. The molecule has 28 heavy (non-hydrogen) atoms. The van der Waals surface area contributed by atoms with Gasteiger partial charge in [-0.25, -0.2) is 0 Å². The molecular formula is C22H36N2O4. The Bertz CT molecular complexity index is 493. The van der Waals surface area contributed by atoms with Gasteiger partial charge in [-0.2, -0.15) is 0 Å². The highest BCUT2D eigenvalue weighted by Gasteiger charge is 2.17. The van der Waals surface area contributed by atoms with E-state index in [4.69, 9.17) is 9.47 Å². The minimum absolute atomic E-state index is 0.269. The molecule has 0 amide bonds. The molecule has 0 spiro atoms. The van der Waals surface area contributed by atoms with Crippen LogP contribution in [0, 0.1) is 0 Å². The monoisotopic (exact) mass is 392 g/mol. The van der Waals surface area contributed by atoms with E-state index in [9.17, 15) is 10.2 Å². The molecule has 2 saturated carbocycles. The zero-order chi connectivity index (χ0) is 19.6. The molecule has 1 aromatic rings. The van der Waals surface area contributed by atoms with E-state index in [1.54, 1.807) is 0 Å². The summed E-state index contributed by atoms with van der Waals surface area (Å²) in [6, 6.07) is 8.42. The zero-order valence-electron chi connectivity index (χ0n) is 16.8. The highest BCUT2D eigenvalue weighted by molar-refractivity contribution is 5.31. The molecule has 0 aromatic heterocycles. The summed E-state index contributed by atoms with van der Waals surface area (Å²) in [5, 5.41) is 26.9. The molecule has 6 nitrogen and oxygen atoms in total. The van der Waals surface area contributed by atoms with Crippen LogP contribution in [-0.4, -0.2) is 60.8 Å². The summed E-state index contributed by atoms with van der Waals surface area (Å²) in [6.07, 6.45) is 8.94. The first kappa shape index (κ1) is 21.4. The van der Waals surface area contributed by atoms with Gasteiger partial charge in [0.2, 0.25) is 0 Å². The molecule has 0 heterocycles. The number of aliphatic hydroxyl groups excluding tert-OH is 2. The first-order valence-corrected chi connectivity index (χ1v) is 10.9. The van der Waals surface area contributed by atoms with E-state index >= 15 is 0 Å². The minimum Gasteiger partial charge on any atom is -0.491 e. The summed E-state index contributed by atoms with van der Waals surface area (Å²) in [7, 11) is 0. The lowest BCUT2D eigenvalue weighted by Crippen LogP contribution is -2.36. The van der Waals surface area contributed by atoms with Crippen LogP contribution in [0.15, 0.2) is 24.3 Å². The largest absolute Gasteiger partial charge is 0.491 e. The molecule has 0 saturated heterocycles. The van der Waals surface area contributed by atoms with Crippen molar-refractivity contribution < 1.29 is 19.7 Å². The van der Waals surface area contributed by atoms with Crippen LogP contribution in [0.4, 0.5) is 0 Å². The van der Waals surface area contributed by atoms with Crippen LogP contribution in [-0.2, 0) is 0 Å². The van der Waals surface area contributed by atoms with Gasteiger partial charge < -0.3 is 30.3 Å². The molecule has 2 aliphatic rings. The van der Waals surface area contributed by atoms with E-state index in [2.05, 4.69) is 10.6 Å². The molecule has 2 atom stereocenters. The standard InChI is InChI=1S/C22H36N2O4/c25-19(13-23-17-5-1-2-6-17)15-27-21-9-11-22(12-10-21)28-16-20(26)14-24-18-7-3-4-8-18/h9-12,17-20,23-26H,1-8,13-16H2/t19-,20-/m0/s1. The van der Waals surface area contributed by atoms with Gasteiger partial charge >= 0.3 is 0 Å². The lowest BCUT2D eigenvalue weighted by molar-refractivity contribution is 0.102. The SMILES string of the molecule is O[C@@H](CNC1CCCC1)COc1ccc(OC[C@@H](O)CNC2CCCC2)cc1. The van der Waals surface area contributed by atoms with Crippen LogP contribution >= 0.6 is 0 Å². The number of nitrogens with one attached hydrogen (secondary N) is 2. The number of hydrogen-bond donors (Lipinski definition) is 4. The Hall–Kier alpha value is -1.34. The summed E-state index contributed by atoms with van der Waals surface area (Å²) in [4.78, 5) is 0. The molecule has 2 aliphatic carbocycles. The summed E-state index contributed by atoms with van der Waals surface area (Å²) in [6.45, 7) is 1.67. The van der Waals surface area contributed by atoms with Crippen LogP contribution in [0.2, 0.25) is 0 Å². The topological polar surface area (TPSA) is 83.0 Å². The van der Waals surface area contributed by atoms with Crippen molar-refractivity contribution in [3.8, 4) is 11.5 Å². The minimum atomic E-state index is -0.515. The van der Waals surface area contributed by atoms with Crippen molar-refractivity contribution in [1.82, 2.24) is 10.6 Å². The fourth-order valence-corrected chi connectivity index (χ4v) is 4.00. The van der Waals surface area contributed by atoms with Crippen LogP contribution in [0.1, 0.15) is 51.4 Å². The number of hydrogen-bond acceptors (Lipinski definition) is 6. The lowest BCUT2D eigenvalue weighted by atomic mass is 10.2. The molecule has 2 fully saturated rings. The molecule has 0 aliphatic heterocycles. The van der Waals surface area contributed by atoms with Crippen LogP contribution in [0.5, 0.6) is 11.5 Å². The van der Waals surface area contributed by atoms with E-state index in [1.165, 1.54) is 51.4 Å². The van der Waals surface area contributed by atoms with Crippen LogP contribution < -0.4 is 20.1 Å². The predicted octanol–water partition coefficient (Wildman–Crippen LogP) is 2.23. The van der Waals surface area contributed by atoms with Gasteiger partial charge in [0.15, 0.2) is 0 Å². The van der Waals surface area contributed by atoms with Crippen LogP contribution in [0.3, 0.4) is 0 Å². The molecule has 0 unspecified atom stereocenters. The second kappa shape index (κ2) is 11.6. The number of ether oxygens (including phenoxy) is 2. The van der Waals surface area contributed by atoms with Crippen molar-refractivity contribution in [2.75, 3.05) is 26.3 Å². The fourth-order valence-electron chi connectivity index (χ4n) is 4.00. The van der Waals surface area contributed by atoms with Gasteiger partial charge in [0.25, 0.3) is 0 Å². The van der Waals surface area contributed by atoms with E-state index in [0.717, 1.165) is 0 Å². The Morgan fingerprint density at radius 2 is 1.07 bits per heavy atom. The van der Waals surface area contributed by atoms with Crippen molar-refractivity contribution in [3.05, 3.63) is 24.3 Å².